The Morgan fingerprint density at radius 1 is 1.22 bits per heavy atom. The van der Waals surface area contributed by atoms with Crippen LogP contribution >= 0.6 is 11.8 Å². The summed E-state index contributed by atoms with van der Waals surface area (Å²) < 4.78 is 14.7. The highest BCUT2D eigenvalue weighted by molar-refractivity contribution is 7.98. The van der Waals surface area contributed by atoms with Gasteiger partial charge in [0.1, 0.15) is 5.82 Å². The Labute approximate surface area is 134 Å². The molecule has 0 atom stereocenters. The number of nitro groups is 1. The Kier molecular flexibility index (Phi) is 4.29. The largest absolute Gasteiger partial charge is 0.269 e. The van der Waals surface area contributed by atoms with Gasteiger partial charge in [0.15, 0.2) is 0 Å². The van der Waals surface area contributed by atoms with Gasteiger partial charge in [-0.3, -0.25) is 10.1 Å². The molecule has 3 rings (SSSR count). The molecule has 0 aliphatic carbocycles. The van der Waals surface area contributed by atoms with Crippen molar-refractivity contribution < 1.29 is 9.31 Å². The highest BCUT2D eigenvalue weighted by Crippen LogP contribution is 2.23. The molecule has 0 N–H and O–H groups in total. The van der Waals surface area contributed by atoms with Crippen LogP contribution in [0.5, 0.6) is 0 Å². The quantitative estimate of drug-likeness (QED) is 0.406. The van der Waals surface area contributed by atoms with Crippen molar-refractivity contribution in [3.63, 3.8) is 0 Å². The summed E-state index contributed by atoms with van der Waals surface area (Å²) in [5.41, 5.74) is 1.47. The van der Waals surface area contributed by atoms with E-state index in [9.17, 15) is 14.5 Å². The van der Waals surface area contributed by atoms with E-state index in [0.717, 1.165) is 5.56 Å². The topological polar surface area (TPSA) is 86.7 Å². The Hall–Kier alpha value is -2.81. The molecule has 2 aromatic carbocycles. The number of tetrazole rings is 1. The van der Waals surface area contributed by atoms with Crippen LogP contribution in [0.15, 0.2) is 53.7 Å². The number of halogens is 1. The molecule has 1 aromatic heterocycles. The number of benzene rings is 2. The molecule has 0 radical (unpaired) electrons. The van der Waals surface area contributed by atoms with Crippen LogP contribution < -0.4 is 0 Å². The zero-order chi connectivity index (χ0) is 16.2. The van der Waals surface area contributed by atoms with E-state index in [2.05, 4.69) is 15.5 Å². The third-order valence-electron chi connectivity index (χ3n) is 3.01. The number of rotatable bonds is 5. The van der Waals surface area contributed by atoms with Gasteiger partial charge in [-0.25, -0.2) is 4.39 Å². The maximum absolute atomic E-state index is 13.3. The summed E-state index contributed by atoms with van der Waals surface area (Å²) in [7, 11) is 0. The molecule has 9 heteroatoms. The van der Waals surface area contributed by atoms with E-state index in [-0.39, 0.29) is 11.5 Å². The van der Waals surface area contributed by atoms with Crippen LogP contribution in [-0.2, 0) is 5.75 Å². The first-order chi connectivity index (χ1) is 11.1. The normalized spacial score (nSPS) is 10.7. The lowest BCUT2D eigenvalue weighted by Crippen LogP contribution is -1.99. The molecule has 7 nitrogen and oxygen atoms in total. The van der Waals surface area contributed by atoms with Crippen LogP contribution in [0.25, 0.3) is 5.69 Å². The van der Waals surface area contributed by atoms with E-state index in [1.807, 2.05) is 0 Å². The number of non-ortho nitro benzene ring substituents is 1. The van der Waals surface area contributed by atoms with Gasteiger partial charge in [-0.1, -0.05) is 30.0 Å². The van der Waals surface area contributed by atoms with Crippen molar-refractivity contribution in [3.8, 4) is 5.69 Å². The van der Waals surface area contributed by atoms with Gasteiger partial charge in [0.2, 0.25) is 5.16 Å². The van der Waals surface area contributed by atoms with Crippen molar-refractivity contribution in [2.45, 2.75) is 10.9 Å². The Morgan fingerprint density at radius 2 is 2.00 bits per heavy atom. The summed E-state index contributed by atoms with van der Waals surface area (Å²) in [5.74, 6) is 0.164. The number of thioether (sulfide) groups is 1. The van der Waals surface area contributed by atoms with Crippen molar-refractivity contribution in [2.75, 3.05) is 0 Å². The summed E-state index contributed by atoms with van der Waals surface area (Å²) in [6, 6.07) is 12.2. The molecule has 0 aliphatic rings. The molecular formula is C14H10FN5O2S. The third kappa shape index (κ3) is 3.51. The smallest absolute Gasteiger partial charge is 0.258 e. The lowest BCUT2D eigenvalue weighted by molar-refractivity contribution is -0.384. The fourth-order valence-electron chi connectivity index (χ4n) is 1.90. The van der Waals surface area contributed by atoms with Gasteiger partial charge in [-0.2, -0.15) is 4.68 Å². The third-order valence-corrected chi connectivity index (χ3v) is 4.00. The Bertz CT molecular complexity index is 837. The van der Waals surface area contributed by atoms with E-state index >= 15 is 0 Å². The number of aromatic nitrogens is 4. The van der Waals surface area contributed by atoms with Crippen LogP contribution in [0.4, 0.5) is 10.1 Å². The highest BCUT2D eigenvalue weighted by atomic mass is 32.2. The first-order valence-electron chi connectivity index (χ1n) is 6.54. The second-order valence-corrected chi connectivity index (χ2v) is 5.51. The Balaban J connectivity index is 1.74. The maximum atomic E-state index is 13.3. The zero-order valence-corrected chi connectivity index (χ0v) is 12.5. The van der Waals surface area contributed by atoms with Crippen LogP contribution in [-0.4, -0.2) is 25.1 Å². The van der Waals surface area contributed by atoms with E-state index in [0.29, 0.717) is 16.6 Å². The highest BCUT2D eigenvalue weighted by Gasteiger charge is 2.10. The van der Waals surface area contributed by atoms with Crippen molar-refractivity contribution in [2.24, 2.45) is 0 Å². The second-order valence-electron chi connectivity index (χ2n) is 4.57. The Morgan fingerprint density at radius 3 is 2.70 bits per heavy atom. The predicted octanol–water partition coefficient (Wildman–Crippen LogP) is 3.00. The molecule has 23 heavy (non-hydrogen) atoms. The summed E-state index contributed by atoms with van der Waals surface area (Å²) in [5, 5.41) is 22.5. The SMILES string of the molecule is O=[N+]([O-])c1ccc(CSc2nnnn2-c2cccc(F)c2)cc1. The predicted molar refractivity (Wildman–Crippen MR) is 81.8 cm³/mol. The molecule has 0 bridgehead atoms. The lowest BCUT2D eigenvalue weighted by atomic mass is 10.2. The monoisotopic (exact) mass is 331 g/mol. The summed E-state index contributed by atoms with van der Waals surface area (Å²) in [6.07, 6.45) is 0. The molecular weight excluding hydrogens is 321 g/mol. The molecule has 0 fully saturated rings. The summed E-state index contributed by atoms with van der Waals surface area (Å²) >= 11 is 1.36. The van der Waals surface area contributed by atoms with Crippen LogP contribution in [0.1, 0.15) is 5.56 Å². The number of hydrogen-bond acceptors (Lipinski definition) is 6. The standard InChI is InChI=1S/C14H10FN5O2S/c15-11-2-1-3-13(8-11)19-14(16-17-18-19)23-9-10-4-6-12(7-5-10)20(21)22/h1-8H,9H2. The summed E-state index contributed by atoms with van der Waals surface area (Å²) in [6.45, 7) is 0. The minimum Gasteiger partial charge on any atom is -0.258 e. The van der Waals surface area contributed by atoms with Crippen LogP contribution in [0.3, 0.4) is 0 Å². The second kappa shape index (κ2) is 6.53. The van der Waals surface area contributed by atoms with Crippen molar-refractivity contribution in [1.82, 2.24) is 20.2 Å². The van der Waals surface area contributed by atoms with Crippen molar-refractivity contribution in [3.05, 3.63) is 70.0 Å². The minimum absolute atomic E-state index is 0.0448. The molecule has 0 spiro atoms. The minimum atomic E-state index is -0.443. The van der Waals surface area contributed by atoms with Gasteiger partial charge in [-0.15, -0.1) is 5.10 Å². The number of nitrogens with zero attached hydrogens (tertiary/aromatic N) is 5. The molecule has 116 valence electrons. The summed E-state index contributed by atoms with van der Waals surface area (Å²) in [4.78, 5) is 10.2. The van der Waals surface area contributed by atoms with Gasteiger partial charge in [0.25, 0.3) is 5.69 Å². The average Bonchev–Trinajstić information content (AvgIpc) is 3.02. The van der Waals surface area contributed by atoms with Gasteiger partial charge in [0.05, 0.1) is 10.6 Å². The first-order valence-corrected chi connectivity index (χ1v) is 7.52. The fourth-order valence-corrected chi connectivity index (χ4v) is 2.75. The van der Waals surface area contributed by atoms with Crippen molar-refractivity contribution in [1.29, 1.82) is 0 Å². The molecule has 1 heterocycles. The van der Waals surface area contributed by atoms with Gasteiger partial charge >= 0.3 is 0 Å². The maximum Gasteiger partial charge on any atom is 0.269 e. The van der Waals surface area contributed by atoms with E-state index in [4.69, 9.17) is 0 Å². The number of hydrogen-bond donors (Lipinski definition) is 0. The fraction of sp³-hybridized carbons (Fsp3) is 0.0714. The molecule has 0 saturated carbocycles. The lowest BCUT2D eigenvalue weighted by Gasteiger charge is -2.04. The van der Waals surface area contributed by atoms with Gasteiger partial charge < -0.3 is 0 Å². The molecule has 0 saturated heterocycles. The van der Waals surface area contributed by atoms with E-state index in [1.54, 1.807) is 24.3 Å². The van der Waals surface area contributed by atoms with E-state index < -0.39 is 4.92 Å². The zero-order valence-electron chi connectivity index (χ0n) is 11.7. The first kappa shape index (κ1) is 15.1. The molecule has 3 aromatic rings. The molecule has 0 aliphatic heterocycles. The van der Waals surface area contributed by atoms with E-state index in [1.165, 1.54) is 40.7 Å². The van der Waals surface area contributed by atoms with Crippen LogP contribution in [0, 0.1) is 15.9 Å². The van der Waals surface area contributed by atoms with Crippen LogP contribution in [0.2, 0.25) is 0 Å². The molecule has 0 unspecified atom stereocenters. The van der Waals surface area contributed by atoms with Gasteiger partial charge in [0, 0.05) is 17.9 Å². The number of nitro benzene ring substituents is 1. The van der Waals surface area contributed by atoms with Gasteiger partial charge in [-0.05, 0) is 34.2 Å². The molecule has 0 amide bonds. The average molecular weight is 331 g/mol. The van der Waals surface area contributed by atoms with Crippen molar-refractivity contribution >= 4 is 17.4 Å².